The maximum atomic E-state index is 12.0. The summed E-state index contributed by atoms with van der Waals surface area (Å²) in [6, 6.07) is 0. The first-order chi connectivity index (χ1) is 5.91. The average molecular weight is 210 g/mol. The number of alkyl halides is 3. The van der Waals surface area contributed by atoms with Crippen LogP contribution in [-0.2, 0) is 17.0 Å². The number of hydrogen-bond donors (Lipinski definition) is 0. The van der Waals surface area contributed by atoms with Gasteiger partial charge in [-0.15, -0.1) is 0 Å². The van der Waals surface area contributed by atoms with Gasteiger partial charge >= 0.3 is 6.18 Å². The molecule has 0 amide bonds. The predicted molar refractivity (Wildman–Crippen MR) is 39.4 cm³/mol. The third kappa shape index (κ3) is 2.48. The highest BCUT2D eigenvalue weighted by atomic mass is 32.2. The Morgan fingerprint density at radius 3 is 2.08 bits per heavy atom. The Hall–Kier alpha value is -0.980. The molecule has 0 saturated heterocycles. The summed E-state index contributed by atoms with van der Waals surface area (Å²) >= 11 is 0. The van der Waals surface area contributed by atoms with E-state index in [4.69, 9.17) is 0 Å². The molecule has 0 fully saturated rings. The van der Waals surface area contributed by atoms with E-state index in [1.54, 1.807) is 0 Å². The Kier molecular flexibility index (Phi) is 2.65. The monoisotopic (exact) mass is 210 g/mol. The summed E-state index contributed by atoms with van der Waals surface area (Å²) in [6.45, 7) is 0. The van der Waals surface area contributed by atoms with Gasteiger partial charge in [0.2, 0.25) is 5.16 Å². The predicted octanol–water partition coefficient (Wildman–Crippen LogP) is 1.23. The third-order valence-electron chi connectivity index (χ3n) is 1.21. The Labute approximate surface area is 74.5 Å². The van der Waals surface area contributed by atoms with Crippen LogP contribution >= 0.6 is 0 Å². The molecule has 1 aromatic heterocycles. The summed E-state index contributed by atoms with van der Waals surface area (Å²) in [7, 11) is -1.45. The maximum Gasteiger partial charge on any atom is 0.419 e. The largest absolute Gasteiger partial charge is 0.419 e. The van der Waals surface area contributed by atoms with Crippen LogP contribution in [0.2, 0.25) is 0 Å². The fraction of sp³-hybridized carbons (Fsp3) is 0.333. The zero-order valence-corrected chi connectivity index (χ0v) is 7.32. The van der Waals surface area contributed by atoms with Crippen LogP contribution in [0, 0.1) is 0 Å². The average Bonchev–Trinajstić information content (AvgIpc) is 2.03. The van der Waals surface area contributed by atoms with Crippen molar-refractivity contribution in [1.29, 1.82) is 0 Å². The van der Waals surface area contributed by atoms with E-state index in [-0.39, 0.29) is 5.16 Å². The van der Waals surface area contributed by atoms with E-state index in [9.17, 15) is 17.4 Å². The topological polar surface area (TPSA) is 42.9 Å². The summed E-state index contributed by atoms with van der Waals surface area (Å²) in [6.07, 6.45) is -1.93. The molecule has 0 radical (unpaired) electrons. The van der Waals surface area contributed by atoms with Crippen molar-refractivity contribution in [3.63, 3.8) is 0 Å². The van der Waals surface area contributed by atoms with Gasteiger partial charge in [-0.1, -0.05) is 0 Å². The van der Waals surface area contributed by atoms with E-state index < -0.39 is 22.5 Å². The van der Waals surface area contributed by atoms with Crippen LogP contribution in [0.5, 0.6) is 0 Å². The van der Waals surface area contributed by atoms with E-state index >= 15 is 0 Å². The van der Waals surface area contributed by atoms with E-state index in [0.29, 0.717) is 12.4 Å². The fourth-order valence-corrected chi connectivity index (χ4v) is 1.01. The Bertz CT molecular complexity index is 322. The smallest absolute Gasteiger partial charge is 0.251 e. The summed E-state index contributed by atoms with van der Waals surface area (Å²) in [5.74, 6) is 0. The van der Waals surface area contributed by atoms with Gasteiger partial charge in [0.15, 0.2) is 0 Å². The van der Waals surface area contributed by atoms with Crippen LogP contribution in [0.25, 0.3) is 0 Å². The van der Waals surface area contributed by atoms with Crippen LogP contribution < -0.4 is 0 Å². The van der Waals surface area contributed by atoms with Gasteiger partial charge in [0.05, 0.1) is 16.4 Å². The molecule has 3 nitrogen and oxygen atoms in total. The standard InChI is InChI=1S/C6H5F3N2OS/c1-13(12)5-10-2-4(3-11-5)6(7,8)9/h2-3H,1H3/t13-/m1/s1. The van der Waals surface area contributed by atoms with Crippen LogP contribution in [0.3, 0.4) is 0 Å². The quantitative estimate of drug-likeness (QED) is 0.655. The highest BCUT2D eigenvalue weighted by molar-refractivity contribution is 7.84. The SMILES string of the molecule is C[S@@](=O)c1ncc(C(F)(F)F)cn1. The summed E-state index contributed by atoms with van der Waals surface area (Å²) in [5.41, 5.74) is -0.943. The first kappa shape index (κ1) is 10.1. The second kappa shape index (κ2) is 3.41. The Balaban J connectivity index is 3.01. The highest BCUT2D eigenvalue weighted by Gasteiger charge is 2.31. The Morgan fingerprint density at radius 2 is 1.77 bits per heavy atom. The molecular weight excluding hydrogens is 205 g/mol. The Morgan fingerprint density at radius 1 is 1.31 bits per heavy atom. The number of rotatable bonds is 1. The van der Waals surface area contributed by atoms with Gasteiger partial charge in [0.25, 0.3) is 0 Å². The number of aromatic nitrogens is 2. The molecule has 1 rings (SSSR count). The fourth-order valence-electron chi connectivity index (χ4n) is 0.611. The minimum atomic E-state index is -4.45. The van der Waals surface area contributed by atoms with Crippen molar-refractivity contribution >= 4 is 10.8 Å². The molecule has 0 saturated carbocycles. The maximum absolute atomic E-state index is 12.0. The molecule has 0 aliphatic rings. The van der Waals surface area contributed by atoms with E-state index in [2.05, 4.69) is 9.97 Å². The molecule has 0 aliphatic carbocycles. The lowest BCUT2D eigenvalue weighted by Crippen LogP contribution is -2.07. The summed E-state index contributed by atoms with van der Waals surface area (Å²) in [4.78, 5) is 6.63. The van der Waals surface area contributed by atoms with Crippen molar-refractivity contribution in [3.05, 3.63) is 18.0 Å². The molecule has 0 aromatic carbocycles. The van der Waals surface area contributed by atoms with E-state index in [0.717, 1.165) is 0 Å². The number of nitrogens with zero attached hydrogens (tertiary/aromatic N) is 2. The van der Waals surface area contributed by atoms with Gasteiger partial charge in [-0.05, 0) is 0 Å². The molecule has 7 heteroatoms. The van der Waals surface area contributed by atoms with Gasteiger partial charge in [-0.2, -0.15) is 13.2 Å². The van der Waals surface area contributed by atoms with Crippen molar-refractivity contribution < 1.29 is 17.4 Å². The van der Waals surface area contributed by atoms with Crippen molar-refractivity contribution in [3.8, 4) is 0 Å². The van der Waals surface area contributed by atoms with E-state index in [1.807, 2.05) is 0 Å². The lowest BCUT2D eigenvalue weighted by Gasteiger charge is -2.04. The van der Waals surface area contributed by atoms with Crippen LogP contribution in [0.15, 0.2) is 17.6 Å². The van der Waals surface area contributed by atoms with Gasteiger partial charge in [0, 0.05) is 18.6 Å². The number of hydrogen-bond acceptors (Lipinski definition) is 3. The van der Waals surface area contributed by atoms with Gasteiger partial charge in [0.1, 0.15) is 0 Å². The van der Waals surface area contributed by atoms with Crippen molar-refractivity contribution in [1.82, 2.24) is 9.97 Å². The first-order valence-electron chi connectivity index (χ1n) is 3.14. The second-order valence-electron chi connectivity index (χ2n) is 2.21. The summed E-state index contributed by atoms with van der Waals surface area (Å²) in [5, 5.41) is -0.104. The highest BCUT2D eigenvalue weighted by Crippen LogP contribution is 2.27. The molecular formula is C6H5F3N2OS. The zero-order chi connectivity index (χ0) is 10.1. The number of halogens is 3. The molecule has 0 aliphatic heterocycles. The third-order valence-corrected chi connectivity index (χ3v) is 1.94. The second-order valence-corrected chi connectivity index (χ2v) is 3.48. The van der Waals surface area contributed by atoms with Gasteiger partial charge < -0.3 is 0 Å². The normalized spacial score (nSPS) is 14.2. The molecule has 0 N–H and O–H groups in total. The first-order valence-corrected chi connectivity index (χ1v) is 4.70. The van der Waals surface area contributed by atoms with Crippen LogP contribution in [-0.4, -0.2) is 20.4 Å². The minimum absolute atomic E-state index is 0.104. The molecule has 13 heavy (non-hydrogen) atoms. The van der Waals surface area contributed by atoms with E-state index in [1.165, 1.54) is 6.26 Å². The van der Waals surface area contributed by atoms with Crippen molar-refractivity contribution in [2.45, 2.75) is 11.3 Å². The lowest BCUT2D eigenvalue weighted by molar-refractivity contribution is -0.138. The lowest BCUT2D eigenvalue weighted by atomic mass is 10.3. The molecule has 1 heterocycles. The molecule has 0 bridgehead atoms. The summed E-state index contributed by atoms with van der Waals surface area (Å²) < 4.78 is 46.6. The minimum Gasteiger partial charge on any atom is -0.251 e. The van der Waals surface area contributed by atoms with Crippen molar-refractivity contribution in [2.75, 3.05) is 6.26 Å². The molecule has 0 unspecified atom stereocenters. The van der Waals surface area contributed by atoms with Gasteiger partial charge in [-0.25, -0.2) is 9.97 Å². The van der Waals surface area contributed by atoms with Crippen LogP contribution in [0.1, 0.15) is 5.56 Å². The molecule has 72 valence electrons. The van der Waals surface area contributed by atoms with Crippen LogP contribution in [0.4, 0.5) is 13.2 Å². The van der Waals surface area contributed by atoms with Crippen molar-refractivity contribution in [2.24, 2.45) is 0 Å². The molecule has 0 spiro atoms. The molecule has 1 aromatic rings. The molecule has 1 atom stereocenters. The van der Waals surface area contributed by atoms with Gasteiger partial charge in [-0.3, -0.25) is 4.21 Å². The zero-order valence-electron chi connectivity index (χ0n) is 6.50.